The third kappa shape index (κ3) is 2.15. The largest absolute Gasteiger partial charge is 0.494 e. The van der Waals surface area contributed by atoms with E-state index in [1.165, 1.54) is 12.7 Å². The van der Waals surface area contributed by atoms with Crippen molar-refractivity contribution in [2.45, 2.75) is 45.2 Å². The van der Waals surface area contributed by atoms with Gasteiger partial charge in [0.2, 0.25) is 5.76 Å². The molecule has 1 amide bonds. The van der Waals surface area contributed by atoms with E-state index < -0.39 is 0 Å². The van der Waals surface area contributed by atoms with Gasteiger partial charge in [0, 0.05) is 12.1 Å². The zero-order valence-electron chi connectivity index (χ0n) is 9.94. The van der Waals surface area contributed by atoms with Crippen LogP contribution in [0, 0.1) is 0 Å². The van der Waals surface area contributed by atoms with E-state index in [4.69, 9.17) is 9.47 Å². The molecule has 0 spiro atoms. The number of likely N-dealkylation sites (tertiary alicyclic amines) is 1. The smallest absolute Gasteiger partial charge is 0.292 e. The summed E-state index contributed by atoms with van der Waals surface area (Å²) in [6, 6.07) is 0.588. The van der Waals surface area contributed by atoms with Crippen LogP contribution in [0.15, 0.2) is 12.0 Å². The second-order valence-electron chi connectivity index (χ2n) is 4.54. The van der Waals surface area contributed by atoms with Gasteiger partial charge in [-0.05, 0) is 33.1 Å². The normalized spacial score (nSPS) is 30.1. The molecule has 0 aromatic rings. The van der Waals surface area contributed by atoms with Crippen LogP contribution < -0.4 is 0 Å². The fourth-order valence-corrected chi connectivity index (χ4v) is 2.43. The van der Waals surface area contributed by atoms with Crippen molar-refractivity contribution < 1.29 is 14.3 Å². The highest BCUT2D eigenvalue weighted by atomic mass is 16.6. The van der Waals surface area contributed by atoms with Crippen molar-refractivity contribution in [2.24, 2.45) is 0 Å². The lowest BCUT2D eigenvalue weighted by molar-refractivity contribution is -0.138. The molecule has 90 valence electrons. The first kappa shape index (κ1) is 11.3. The molecule has 2 heterocycles. The predicted molar refractivity (Wildman–Crippen MR) is 59.6 cm³/mol. The number of ether oxygens (including phenoxy) is 2. The molecule has 2 atom stereocenters. The third-order valence-corrected chi connectivity index (χ3v) is 3.29. The molecule has 0 bridgehead atoms. The van der Waals surface area contributed by atoms with Gasteiger partial charge in [0.25, 0.3) is 5.91 Å². The maximum absolute atomic E-state index is 12.2. The van der Waals surface area contributed by atoms with Gasteiger partial charge < -0.3 is 14.4 Å². The molecule has 2 aliphatic heterocycles. The summed E-state index contributed by atoms with van der Waals surface area (Å²) >= 11 is 0. The Morgan fingerprint density at radius 3 is 2.56 bits per heavy atom. The van der Waals surface area contributed by atoms with E-state index in [0.717, 1.165) is 12.8 Å². The molecule has 2 rings (SSSR count). The van der Waals surface area contributed by atoms with Crippen LogP contribution in [-0.2, 0) is 14.3 Å². The summed E-state index contributed by atoms with van der Waals surface area (Å²) in [7, 11) is 0. The molecule has 4 nitrogen and oxygen atoms in total. The van der Waals surface area contributed by atoms with Crippen LogP contribution in [-0.4, -0.2) is 36.1 Å². The highest BCUT2D eigenvalue weighted by Crippen LogP contribution is 2.24. The molecule has 0 aromatic carbocycles. The Kier molecular flexibility index (Phi) is 3.36. The van der Waals surface area contributed by atoms with E-state index in [1.807, 2.05) is 4.90 Å². The summed E-state index contributed by atoms with van der Waals surface area (Å²) in [6.07, 6.45) is 4.79. The Bertz CT molecular complexity index is 291. The summed E-state index contributed by atoms with van der Waals surface area (Å²) in [5, 5.41) is 0. The maximum Gasteiger partial charge on any atom is 0.292 e. The maximum atomic E-state index is 12.2. The van der Waals surface area contributed by atoms with Gasteiger partial charge >= 0.3 is 0 Å². The molecule has 2 aliphatic rings. The van der Waals surface area contributed by atoms with Gasteiger partial charge in [0.1, 0.15) is 19.5 Å². The van der Waals surface area contributed by atoms with Gasteiger partial charge in [-0.15, -0.1) is 0 Å². The molecule has 0 unspecified atom stereocenters. The van der Waals surface area contributed by atoms with E-state index in [9.17, 15) is 4.79 Å². The molecular weight excluding hydrogens is 206 g/mol. The average Bonchev–Trinajstić information content (AvgIpc) is 2.30. The third-order valence-electron chi connectivity index (χ3n) is 3.29. The van der Waals surface area contributed by atoms with Crippen molar-refractivity contribution in [3.63, 3.8) is 0 Å². The number of carbonyl (C=O) groups excluding carboxylic acids is 1. The Morgan fingerprint density at radius 1 is 1.31 bits per heavy atom. The van der Waals surface area contributed by atoms with E-state index >= 15 is 0 Å². The second-order valence-corrected chi connectivity index (χ2v) is 4.54. The number of hydrogen-bond donors (Lipinski definition) is 0. The zero-order chi connectivity index (χ0) is 11.5. The summed E-state index contributed by atoms with van der Waals surface area (Å²) in [5.74, 6) is 0.325. The Hall–Kier alpha value is -1.19. The molecule has 4 heteroatoms. The lowest BCUT2D eigenvalue weighted by Crippen LogP contribution is -2.48. The molecule has 0 saturated carbocycles. The number of amides is 1. The second kappa shape index (κ2) is 4.76. The summed E-state index contributed by atoms with van der Waals surface area (Å²) in [5.41, 5.74) is 0. The van der Waals surface area contributed by atoms with Crippen molar-refractivity contribution in [2.75, 3.05) is 13.2 Å². The minimum atomic E-state index is -0.0283. The predicted octanol–water partition coefficient (Wildman–Crippen LogP) is 1.66. The van der Waals surface area contributed by atoms with Gasteiger partial charge in [-0.25, -0.2) is 0 Å². The zero-order valence-corrected chi connectivity index (χ0v) is 9.94. The lowest BCUT2D eigenvalue weighted by atomic mass is 9.97. The highest BCUT2D eigenvalue weighted by molar-refractivity contribution is 5.91. The number of carbonyl (C=O) groups is 1. The van der Waals surface area contributed by atoms with Crippen LogP contribution in [0.3, 0.4) is 0 Å². The molecular formula is C12H19NO3. The van der Waals surface area contributed by atoms with Crippen molar-refractivity contribution in [1.82, 2.24) is 4.90 Å². The van der Waals surface area contributed by atoms with Crippen LogP contribution in [0.2, 0.25) is 0 Å². The van der Waals surface area contributed by atoms with Crippen LogP contribution in [0.4, 0.5) is 0 Å². The molecule has 1 saturated heterocycles. The molecule has 0 aromatic heterocycles. The Balaban J connectivity index is 2.09. The number of hydrogen-bond acceptors (Lipinski definition) is 3. The molecule has 0 N–H and O–H groups in total. The number of rotatable bonds is 1. The molecule has 0 radical (unpaired) electrons. The van der Waals surface area contributed by atoms with E-state index in [-0.39, 0.29) is 5.91 Å². The summed E-state index contributed by atoms with van der Waals surface area (Å²) in [4.78, 5) is 14.1. The molecule has 0 aliphatic carbocycles. The fraction of sp³-hybridized carbons (Fsp3) is 0.750. The van der Waals surface area contributed by atoms with Gasteiger partial charge in [0.15, 0.2) is 0 Å². The Morgan fingerprint density at radius 2 is 2.00 bits per heavy atom. The van der Waals surface area contributed by atoms with Gasteiger partial charge in [-0.3, -0.25) is 4.79 Å². The summed E-state index contributed by atoms with van der Waals surface area (Å²) < 4.78 is 10.5. The van der Waals surface area contributed by atoms with Gasteiger partial charge in [0.05, 0.1) is 0 Å². The van der Waals surface area contributed by atoms with Crippen LogP contribution in [0.5, 0.6) is 0 Å². The van der Waals surface area contributed by atoms with Crippen molar-refractivity contribution in [1.29, 1.82) is 0 Å². The number of nitrogens with zero attached hydrogens (tertiary/aromatic N) is 1. The van der Waals surface area contributed by atoms with Crippen LogP contribution in [0.1, 0.15) is 33.1 Å². The van der Waals surface area contributed by atoms with E-state index in [1.54, 1.807) is 0 Å². The number of piperidine rings is 1. The van der Waals surface area contributed by atoms with Crippen LogP contribution >= 0.6 is 0 Å². The first-order valence-electron chi connectivity index (χ1n) is 5.97. The first-order valence-corrected chi connectivity index (χ1v) is 5.97. The van der Waals surface area contributed by atoms with Crippen molar-refractivity contribution in [3.8, 4) is 0 Å². The van der Waals surface area contributed by atoms with Crippen LogP contribution in [0.25, 0.3) is 0 Å². The fourth-order valence-electron chi connectivity index (χ4n) is 2.43. The molecule has 16 heavy (non-hydrogen) atoms. The standard InChI is InChI=1S/C12H19NO3/c1-9-4-3-5-10(2)13(9)12(14)11-8-15-6-7-16-11/h8-10H,3-7H2,1-2H3/t9-,10-/m1/s1. The van der Waals surface area contributed by atoms with Gasteiger partial charge in [-0.1, -0.05) is 0 Å². The summed E-state index contributed by atoms with van der Waals surface area (Å²) in [6.45, 7) is 5.19. The highest BCUT2D eigenvalue weighted by Gasteiger charge is 2.32. The Labute approximate surface area is 96.2 Å². The van der Waals surface area contributed by atoms with Crippen molar-refractivity contribution >= 4 is 5.91 Å². The quantitative estimate of drug-likeness (QED) is 0.681. The molecule has 1 fully saturated rings. The first-order chi connectivity index (χ1) is 7.70. The lowest BCUT2D eigenvalue weighted by Gasteiger charge is -2.39. The minimum Gasteiger partial charge on any atom is -0.494 e. The average molecular weight is 225 g/mol. The van der Waals surface area contributed by atoms with E-state index in [2.05, 4.69) is 13.8 Å². The van der Waals surface area contributed by atoms with Gasteiger partial charge in [-0.2, -0.15) is 0 Å². The monoisotopic (exact) mass is 225 g/mol. The topological polar surface area (TPSA) is 38.8 Å². The minimum absolute atomic E-state index is 0.0283. The SMILES string of the molecule is C[C@@H]1CCC[C@@H](C)N1C(=O)C1=COCCO1. The van der Waals surface area contributed by atoms with E-state index in [0.29, 0.717) is 31.1 Å². The van der Waals surface area contributed by atoms with Crippen molar-refractivity contribution in [3.05, 3.63) is 12.0 Å².